The number of halogens is 2. The van der Waals surface area contributed by atoms with Crippen molar-refractivity contribution in [3.8, 4) is 5.75 Å². The molecule has 0 aliphatic heterocycles. The third kappa shape index (κ3) is 3.22. The Bertz CT molecular complexity index is 526. The van der Waals surface area contributed by atoms with Gasteiger partial charge in [-0.3, -0.25) is 0 Å². The predicted molar refractivity (Wildman–Crippen MR) is 71.7 cm³/mol. The Balaban J connectivity index is 2.09. The van der Waals surface area contributed by atoms with Gasteiger partial charge in [-0.15, -0.1) is 0 Å². The fourth-order valence-corrected chi connectivity index (χ4v) is 1.58. The quantitative estimate of drug-likeness (QED) is 0.581. The molecule has 2 nitrogen and oxygen atoms in total. The van der Waals surface area contributed by atoms with Gasteiger partial charge in [-0.2, -0.15) is 0 Å². The maximum Gasteiger partial charge on any atom is 0.181 e. The minimum Gasteiger partial charge on any atom is -0.446 e. The molecule has 0 saturated carbocycles. The summed E-state index contributed by atoms with van der Waals surface area (Å²) in [6.45, 7) is 0. The highest BCUT2D eigenvalue weighted by molar-refractivity contribution is 6.43. The van der Waals surface area contributed by atoms with E-state index in [4.69, 9.17) is 27.9 Å². The summed E-state index contributed by atoms with van der Waals surface area (Å²) in [7, 11) is 0. The molecule has 0 amide bonds. The summed E-state index contributed by atoms with van der Waals surface area (Å²) in [4.78, 5) is 4.10. The molecule has 0 saturated heterocycles. The van der Waals surface area contributed by atoms with Gasteiger partial charge in [0.05, 0.1) is 15.7 Å². The van der Waals surface area contributed by atoms with E-state index < -0.39 is 0 Å². The van der Waals surface area contributed by atoms with Crippen molar-refractivity contribution in [2.75, 3.05) is 0 Å². The van der Waals surface area contributed by atoms with E-state index in [1.54, 1.807) is 18.2 Å². The average molecular weight is 266 g/mol. The van der Waals surface area contributed by atoms with Crippen molar-refractivity contribution in [3.63, 3.8) is 0 Å². The molecule has 0 N–H and O–H groups in total. The average Bonchev–Trinajstić information content (AvgIpc) is 2.36. The third-order valence-electron chi connectivity index (χ3n) is 2.05. The number of benzene rings is 2. The Labute approximate surface area is 109 Å². The maximum atomic E-state index is 5.97. The second kappa shape index (κ2) is 5.71. The number of nitrogens with zero attached hydrogens (tertiary/aromatic N) is 1. The standard InChI is InChI=1S/C13H9Cl2NO/c14-11-7-4-8-12(13(11)15)16-9-17-10-5-2-1-3-6-10/h1-9H. The van der Waals surface area contributed by atoms with Gasteiger partial charge in [0.1, 0.15) is 5.75 Å². The Kier molecular flexibility index (Phi) is 4.02. The molecule has 86 valence electrons. The highest BCUT2D eigenvalue weighted by atomic mass is 35.5. The van der Waals surface area contributed by atoms with E-state index in [0.29, 0.717) is 15.7 Å². The van der Waals surface area contributed by atoms with Gasteiger partial charge in [0.2, 0.25) is 0 Å². The Morgan fingerprint density at radius 3 is 2.47 bits per heavy atom. The number of hydrogen-bond donors (Lipinski definition) is 0. The lowest BCUT2D eigenvalue weighted by Crippen LogP contribution is -1.88. The number of hydrogen-bond acceptors (Lipinski definition) is 2. The van der Waals surface area contributed by atoms with Crippen molar-refractivity contribution >= 4 is 35.3 Å². The molecule has 0 fully saturated rings. The van der Waals surface area contributed by atoms with E-state index >= 15 is 0 Å². The first kappa shape index (κ1) is 12.0. The fraction of sp³-hybridized carbons (Fsp3) is 0. The molecule has 0 spiro atoms. The minimum atomic E-state index is 0.419. The molecule has 0 heterocycles. The van der Waals surface area contributed by atoms with Crippen LogP contribution in [-0.4, -0.2) is 6.40 Å². The fourth-order valence-electron chi connectivity index (χ4n) is 1.24. The second-order valence-electron chi connectivity index (χ2n) is 3.24. The summed E-state index contributed by atoms with van der Waals surface area (Å²) in [5.74, 6) is 0.717. The Hall–Kier alpha value is -1.51. The van der Waals surface area contributed by atoms with E-state index in [1.807, 2.05) is 30.3 Å². The van der Waals surface area contributed by atoms with Crippen molar-refractivity contribution in [2.24, 2.45) is 4.99 Å². The van der Waals surface area contributed by atoms with Gasteiger partial charge in [0.15, 0.2) is 6.40 Å². The lowest BCUT2D eigenvalue weighted by molar-refractivity contribution is 0.574. The van der Waals surface area contributed by atoms with Crippen molar-refractivity contribution < 1.29 is 4.74 Å². The molecule has 2 aromatic carbocycles. The zero-order chi connectivity index (χ0) is 12.1. The zero-order valence-electron chi connectivity index (χ0n) is 8.81. The molecular weight excluding hydrogens is 257 g/mol. The van der Waals surface area contributed by atoms with Crippen LogP contribution in [0, 0.1) is 0 Å². The largest absolute Gasteiger partial charge is 0.446 e. The monoisotopic (exact) mass is 265 g/mol. The van der Waals surface area contributed by atoms with Crippen molar-refractivity contribution in [1.29, 1.82) is 0 Å². The summed E-state index contributed by atoms with van der Waals surface area (Å²) in [6, 6.07) is 14.6. The van der Waals surface area contributed by atoms with Crippen LogP contribution < -0.4 is 4.74 Å². The van der Waals surface area contributed by atoms with E-state index in [9.17, 15) is 0 Å². The Morgan fingerprint density at radius 1 is 0.941 bits per heavy atom. The van der Waals surface area contributed by atoms with E-state index in [0.717, 1.165) is 5.75 Å². The van der Waals surface area contributed by atoms with Gasteiger partial charge in [0, 0.05) is 0 Å². The first-order valence-electron chi connectivity index (χ1n) is 4.95. The summed E-state index contributed by atoms with van der Waals surface area (Å²) >= 11 is 11.8. The third-order valence-corrected chi connectivity index (χ3v) is 2.86. The molecule has 2 aromatic rings. The predicted octanol–water partition coefficient (Wildman–Crippen LogP) is 4.73. The van der Waals surface area contributed by atoms with E-state index in [-0.39, 0.29) is 0 Å². The van der Waals surface area contributed by atoms with Crippen LogP contribution in [0.15, 0.2) is 53.5 Å². The summed E-state index contributed by atoms with van der Waals surface area (Å²) in [5.41, 5.74) is 0.579. The lowest BCUT2D eigenvalue weighted by atomic mass is 10.3. The minimum absolute atomic E-state index is 0.419. The van der Waals surface area contributed by atoms with Crippen LogP contribution in [0.1, 0.15) is 0 Å². The summed E-state index contributed by atoms with van der Waals surface area (Å²) in [6.07, 6.45) is 1.34. The van der Waals surface area contributed by atoms with Gasteiger partial charge in [-0.05, 0) is 24.3 Å². The summed E-state index contributed by atoms with van der Waals surface area (Å²) < 4.78 is 5.31. The zero-order valence-corrected chi connectivity index (χ0v) is 10.3. The van der Waals surface area contributed by atoms with Crippen LogP contribution in [0.4, 0.5) is 5.69 Å². The first-order valence-corrected chi connectivity index (χ1v) is 5.71. The smallest absolute Gasteiger partial charge is 0.181 e. The molecule has 2 rings (SSSR count). The van der Waals surface area contributed by atoms with Crippen molar-refractivity contribution in [3.05, 3.63) is 58.6 Å². The molecule has 0 aromatic heterocycles. The van der Waals surface area contributed by atoms with Gasteiger partial charge >= 0.3 is 0 Å². The number of para-hydroxylation sites is 1. The molecular formula is C13H9Cl2NO. The van der Waals surface area contributed by atoms with E-state index in [1.165, 1.54) is 6.40 Å². The highest BCUT2D eigenvalue weighted by Gasteiger charge is 2.01. The molecule has 17 heavy (non-hydrogen) atoms. The molecule has 4 heteroatoms. The van der Waals surface area contributed by atoms with Gasteiger partial charge < -0.3 is 4.74 Å². The number of rotatable bonds is 3. The van der Waals surface area contributed by atoms with Crippen LogP contribution in [0.5, 0.6) is 5.75 Å². The van der Waals surface area contributed by atoms with Crippen LogP contribution in [0.25, 0.3) is 0 Å². The molecule has 0 aliphatic carbocycles. The lowest BCUT2D eigenvalue weighted by Gasteiger charge is -2.00. The molecule has 0 aliphatic rings. The number of aliphatic imine (C=N–C) groups is 1. The van der Waals surface area contributed by atoms with Gasteiger partial charge in [0.25, 0.3) is 0 Å². The summed E-state index contributed by atoms with van der Waals surface area (Å²) in [5, 5.41) is 0.892. The van der Waals surface area contributed by atoms with Crippen LogP contribution in [0.3, 0.4) is 0 Å². The number of ether oxygens (including phenoxy) is 1. The normalized spacial score (nSPS) is 10.7. The van der Waals surface area contributed by atoms with Crippen LogP contribution in [0.2, 0.25) is 10.0 Å². The SMILES string of the molecule is Clc1cccc(N=COc2ccccc2)c1Cl. The first-order chi connectivity index (χ1) is 8.27. The molecule has 0 atom stereocenters. The Morgan fingerprint density at radius 2 is 1.71 bits per heavy atom. The van der Waals surface area contributed by atoms with Crippen molar-refractivity contribution in [2.45, 2.75) is 0 Å². The second-order valence-corrected chi connectivity index (χ2v) is 4.02. The van der Waals surface area contributed by atoms with Crippen LogP contribution in [-0.2, 0) is 0 Å². The van der Waals surface area contributed by atoms with E-state index in [2.05, 4.69) is 4.99 Å². The molecule has 0 radical (unpaired) electrons. The molecule has 0 bridgehead atoms. The molecule has 0 unspecified atom stereocenters. The van der Waals surface area contributed by atoms with Gasteiger partial charge in [-0.1, -0.05) is 47.5 Å². The van der Waals surface area contributed by atoms with Crippen LogP contribution >= 0.6 is 23.2 Å². The van der Waals surface area contributed by atoms with Gasteiger partial charge in [-0.25, -0.2) is 4.99 Å². The highest BCUT2D eigenvalue weighted by Crippen LogP contribution is 2.31. The topological polar surface area (TPSA) is 21.6 Å². The van der Waals surface area contributed by atoms with Crippen molar-refractivity contribution in [1.82, 2.24) is 0 Å². The maximum absolute atomic E-state index is 5.97.